The van der Waals surface area contributed by atoms with E-state index in [4.69, 9.17) is 32.5 Å². The molecule has 5 aromatic rings. The van der Waals surface area contributed by atoms with Crippen molar-refractivity contribution in [1.82, 2.24) is 9.38 Å². The number of halogens is 2. The maximum absolute atomic E-state index is 6.18. The van der Waals surface area contributed by atoms with Crippen LogP contribution in [0.2, 0.25) is 10.0 Å². The molecule has 2 heterocycles. The quantitative estimate of drug-likeness (QED) is 0.230. The van der Waals surface area contributed by atoms with E-state index in [-0.39, 0.29) is 6.61 Å². The molecule has 0 spiro atoms. The van der Waals surface area contributed by atoms with Gasteiger partial charge in [0.05, 0.1) is 11.9 Å². The molecule has 5 nitrogen and oxygen atoms in total. The van der Waals surface area contributed by atoms with Crippen molar-refractivity contribution in [3.05, 3.63) is 94.4 Å². The summed E-state index contributed by atoms with van der Waals surface area (Å²) in [7, 11) is 0. The molecule has 0 bridgehead atoms. The molecule has 0 atom stereocenters. The number of imidazole rings is 1. The number of rotatable bonds is 5. The van der Waals surface area contributed by atoms with Gasteiger partial charge in [-0.1, -0.05) is 70.8 Å². The fraction of sp³-hybridized carbons (Fsp3) is 0.0435. The molecule has 0 unspecified atom stereocenters. The van der Waals surface area contributed by atoms with Crippen LogP contribution in [0.4, 0.5) is 0 Å². The Morgan fingerprint density at radius 3 is 2.77 bits per heavy atom. The monoisotopic (exact) mass is 435 g/mol. The molecule has 0 N–H and O–H groups in total. The second-order valence-electron chi connectivity index (χ2n) is 6.71. The van der Waals surface area contributed by atoms with E-state index in [2.05, 4.69) is 34.4 Å². The molecule has 0 aliphatic carbocycles. The van der Waals surface area contributed by atoms with Crippen LogP contribution < -0.4 is 0 Å². The van der Waals surface area contributed by atoms with Gasteiger partial charge in [-0.2, -0.15) is 4.98 Å². The SMILES string of the molecule is Clc1ccc(CON=Cc2c(-c3ccc4ccccc4c3)nc3occn23)c(Cl)c1. The third kappa shape index (κ3) is 3.54. The largest absolute Gasteiger partial charge is 0.432 e. The van der Waals surface area contributed by atoms with Crippen LogP contribution in [0.15, 0.2) is 82.7 Å². The number of fused-ring (bicyclic) bond motifs is 2. The van der Waals surface area contributed by atoms with Crippen LogP contribution in [0.3, 0.4) is 0 Å². The molecular weight excluding hydrogens is 421 g/mol. The Bertz CT molecular complexity index is 1390. The number of nitrogens with zero attached hydrogens (tertiary/aromatic N) is 3. The molecule has 0 radical (unpaired) electrons. The van der Waals surface area contributed by atoms with E-state index in [1.165, 1.54) is 5.39 Å². The minimum Gasteiger partial charge on any atom is -0.432 e. The molecule has 0 saturated heterocycles. The fourth-order valence-electron chi connectivity index (χ4n) is 3.31. The molecule has 0 aliphatic rings. The minimum absolute atomic E-state index is 0.227. The number of hydrogen-bond donors (Lipinski definition) is 0. The summed E-state index contributed by atoms with van der Waals surface area (Å²) in [6.07, 6.45) is 5.01. The fourth-order valence-corrected chi connectivity index (χ4v) is 3.77. The van der Waals surface area contributed by atoms with Crippen molar-refractivity contribution in [2.24, 2.45) is 5.16 Å². The summed E-state index contributed by atoms with van der Waals surface area (Å²) in [5.41, 5.74) is 3.29. The molecule has 0 saturated carbocycles. The van der Waals surface area contributed by atoms with Crippen molar-refractivity contribution in [1.29, 1.82) is 0 Å². The lowest BCUT2D eigenvalue weighted by atomic mass is 10.0. The third-order valence-corrected chi connectivity index (χ3v) is 5.39. The van der Waals surface area contributed by atoms with Crippen LogP contribution in [0.5, 0.6) is 0 Å². The molecule has 5 rings (SSSR count). The normalized spacial score (nSPS) is 11.7. The Kier molecular flexibility index (Phi) is 4.91. The van der Waals surface area contributed by atoms with E-state index in [0.717, 1.165) is 27.9 Å². The predicted molar refractivity (Wildman–Crippen MR) is 119 cm³/mol. The van der Waals surface area contributed by atoms with Gasteiger partial charge in [0.1, 0.15) is 18.6 Å². The Labute approximate surface area is 182 Å². The van der Waals surface area contributed by atoms with Crippen LogP contribution in [0.1, 0.15) is 11.3 Å². The van der Waals surface area contributed by atoms with Gasteiger partial charge < -0.3 is 9.25 Å². The maximum Gasteiger partial charge on any atom is 0.306 e. The molecular formula is C23H15Cl2N3O2. The molecule has 2 aromatic heterocycles. The number of aromatic nitrogens is 2. The summed E-state index contributed by atoms with van der Waals surface area (Å²) in [6.45, 7) is 0.227. The highest BCUT2D eigenvalue weighted by Crippen LogP contribution is 2.27. The number of benzene rings is 3. The van der Waals surface area contributed by atoms with Gasteiger partial charge in [-0.05, 0) is 29.0 Å². The molecule has 7 heteroatoms. The molecule has 3 aromatic carbocycles. The lowest BCUT2D eigenvalue weighted by Crippen LogP contribution is -1.94. The van der Waals surface area contributed by atoms with Crippen LogP contribution >= 0.6 is 23.2 Å². The third-order valence-electron chi connectivity index (χ3n) is 4.81. The van der Waals surface area contributed by atoms with Crippen molar-refractivity contribution in [3.63, 3.8) is 0 Å². The van der Waals surface area contributed by atoms with Gasteiger partial charge in [0.25, 0.3) is 0 Å². The first kappa shape index (κ1) is 18.7. The second kappa shape index (κ2) is 7.86. The Morgan fingerprint density at radius 1 is 1.03 bits per heavy atom. The minimum atomic E-state index is 0.227. The Hall–Kier alpha value is -3.28. The first-order chi connectivity index (χ1) is 14.7. The van der Waals surface area contributed by atoms with Gasteiger partial charge in [0.15, 0.2) is 0 Å². The molecule has 0 amide bonds. The van der Waals surface area contributed by atoms with E-state index in [9.17, 15) is 0 Å². The van der Waals surface area contributed by atoms with Crippen LogP contribution in [0, 0.1) is 0 Å². The van der Waals surface area contributed by atoms with Crippen LogP contribution in [0.25, 0.3) is 27.9 Å². The first-order valence-corrected chi connectivity index (χ1v) is 9.98. The van der Waals surface area contributed by atoms with Crippen molar-refractivity contribution in [2.45, 2.75) is 6.61 Å². The van der Waals surface area contributed by atoms with Gasteiger partial charge in [-0.15, -0.1) is 0 Å². The second-order valence-corrected chi connectivity index (χ2v) is 7.55. The van der Waals surface area contributed by atoms with Crippen molar-refractivity contribution in [3.8, 4) is 11.3 Å². The predicted octanol–water partition coefficient (Wildman–Crippen LogP) is 6.61. The summed E-state index contributed by atoms with van der Waals surface area (Å²) in [4.78, 5) is 10.1. The lowest BCUT2D eigenvalue weighted by molar-refractivity contribution is 0.132. The van der Waals surface area contributed by atoms with Crippen molar-refractivity contribution >= 4 is 46.0 Å². The number of oxazole rings is 1. The number of oxime groups is 1. The van der Waals surface area contributed by atoms with E-state index in [1.807, 2.05) is 28.7 Å². The summed E-state index contributed by atoms with van der Waals surface area (Å²) < 4.78 is 7.30. The van der Waals surface area contributed by atoms with E-state index in [0.29, 0.717) is 15.9 Å². The van der Waals surface area contributed by atoms with Crippen LogP contribution in [-0.2, 0) is 11.4 Å². The van der Waals surface area contributed by atoms with E-state index >= 15 is 0 Å². The number of hydrogen-bond acceptors (Lipinski definition) is 4. The van der Waals surface area contributed by atoms with Gasteiger partial charge in [-0.3, -0.25) is 4.40 Å². The lowest BCUT2D eigenvalue weighted by Gasteiger charge is -2.04. The van der Waals surface area contributed by atoms with Crippen molar-refractivity contribution in [2.75, 3.05) is 0 Å². The van der Waals surface area contributed by atoms with Crippen molar-refractivity contribution < 1.29 is 9.25 Å². The van der Waals surface area contributed by atoms with Gasteiger partial charge >= 0.3 is 5.84 Å². The van der Waals surface area contributed by atoms with E-state index < -0.39 is 0 Å². The molecule has 0 aliphatic heterocycles. The summed E-state index contributed by atoms with van der Waals surface area (Å²) in [5, 5.41) is 7.55. The zero-order valence-corrected chi connectivity index (χ0v) is 17.1. The zero-order chi connectivity index (χ0) is 20.5. The van der Waals surface area contributed by atoms with Gasteiger partial charge in [0.2, 0.25) is 0 Å². The summed E-state index contributed by atoms with van der Waals surface area (Å²) in [6, 6.07) is 19.7. The summed E-state index contributed by atoms with van der Waals surface area (Å²) in [5.74, 6) is 0.486. The standard InChI is InChI=1S/C23H15Cl2N3O2/c24-19-8-7-18(20(25)12-19)14-30-26-13-21-22(27-23-28(21)9-10-29-23)17-6-5-15-3-1-2-4-16(15)11-17/h1-13H,14H2. The average molecular weight is 436 g/mol. The smallest absolute Gasteiger partial charge is 0.306 e. The van der Waals surface area contributed by atoms with E-state index in [1.54, 1.807) is 30.8 Å². The molecule has 0 fully saturated rings. The molecule has 148 valence electrons. The average Bonchev–Trinajstić information content (AvgIpc) is 3.34. The van der Waals surface area contributed by atoms with Gasteiger partial charge in [0, 0.05) is 27.4 Å². The Balaban J connectivity index is 1.46. The highest BCUT2D eigenvalue weighted by molar-refractivity contribution is 6.35. The topological polar surface area (TPSA) is 52.0 Å². The highest BCUT2D eigenvalue weighted by Gasteiger charge is 2.15. The zero-order valence-electron chi connectivity index (χ0n) is 15.6. The highest BCUT2D eigenvalue weighted by atomic mass is 35.5. The maximum atomic E-state index is 6.18. The van der Waals surface area contributed by atoms with Gasteiger partial charge in [-0.25, -0.2) is 0 Å². The first-order valence-electron chi connectivity index (χ1n) is 9.23. The summed E-state index contributed by atoms with van der Waals surface area (Å²) >= 11 is 12.1. The van der Waals surface area contributed by atoms with Crippen LogP contribution in [-0.4, -0.2) is 15.6 Å². The molecule has 30 heavy (non-hydrogen) atoms. The Morgan fingerprint density at radius 2 is 1.90 bits per heavy atom.